The second-order valence-corrected chi connectivity index (χ2v) is 19.3. The van der Waals surface area contributed by atoms with Crippen LogP contribution in [-0.4, -0.2) is 19.6 Å². The van der Waals surface area contributed by atoms with Gasteiger partial charge in [-0.15, -0.1) is 29.3 Å². The molecule has 0 bridgehead atoms. The third-order valence-electron chi connectivity index (χ3n) is 12.8. The van der Waals surface area contributed by atoms with E-state index in [2.05, 4.69) is 214 Å². The van der Waals surface area contributed by atoms with Crippen molar-refractivity contribution in [2.75, 3.05) is 0 Å². The standard InChI is InChI=1S/C58H60N3O.Pt/c1-12-58(10,11)45-25-26-52(49(35-45)40-17-14-13-15-18-40)61-53-20-16-19-47(54(53)60-56(61)50-33-42(36(2)3)32-48(37(4)5)55(50)62)43-29-44(31-46(30-43)57(7,8)9)51-34-41(27-28-59-51)39-23-21-38(6)22-24-39;/h13-28,30-37,62H,12H2,1-11H3;/q-1;. The smallest absolute Gasteiger partial charge is 0.148 e. The summed E-state index contributed by atoms with van der Waals surface area (Å²) in [5.41, 5.74) is 17.4. The van der Waals surface area contributed by atoms with Gasteiger partial charge in [-0.2, -0.15) is 0 Å². The van der Waals surface area contributed by atoms with Crippen LogP contribution in [0, 0.1) is 13.0 Å². The number of imidazole rings is 1. The Hall–Kier alpha value is -5.57. The number of fused-ring (bicyclic) bond motifs is 1. The topological polar surface area (TPSA) is 50.9 Å². The Morgan fingerprint density at radius 1 is 0.651 bits per heavy atom. The molecule has 0 aliphatic carbocycles. The Morgan fingerprint density at radius 2 is 1.37 bits per heavy atom. The summed E-state index contributed by atoms with van der Waals surface area (Å²) < 4.78 is 2.29. The van der Waals surface area contributed by atoms with Gasteiger partial charge in [-0.25, -0.2) is 4.98 Å². The number of aromatic nitrogens is 3. The van der Waals surface area contributed by atoms with Crippen LogP contribution in [0.3, 0.4) is 0 Å². The third kappa shape index (κ3) is 8.98. The van der Waals surface area contributed by atoms with Crippen LogP contribution in [0.5, 0.6) is 5.75 Å². The number of phenolic OH excluding ortho intramolecular Hbond substituents is 1. The van der Waals surface area contributed by atoms with Crippen molar-refractivity contribution in [2.24, 2.45) is 0 Å². The fourth-order valence-electron chi connectivity index (χ4n) is 8.36. The average Bonchev–Trinajstić information content (AvgIpc) is 3.65. The zero-order valence-electron chi connectivity index (χ0n) is 38.7. The van der Waals surface area contributed by atoms with Crippen LogP contribution in [-0.2, 0) is 31.9 Å². The molecule has 0 aliphatic heterocycles. The zero-order chi connectivity index (χ0) is 44.1. The molecule has 2 heterocycles. The van der Waals surface area contributed by atoms with Crippen LogP contribution >= 0.6 is 0 Å². The van der Waals surface area contributed by atoms with E-state index >= 15 is 0 Å². The Bertz CT molecular complexity index is 2910. The first-order valence-corrected chi connectivity index (χ1v) is 22.2. The molecule has 0 aliphatic rings. The fraction of sp³-hybridized carbons (Fsp3) is 0.276. The summed E-state index contributed by atoms with van der Waals surface area (Å²) in [4.78, 5) is 10.6. The minimum absolute atomic E-state index is 0. The van der Waals surface area contributed by atoms with Gasteiger partial charge in [0, 0.05) is 38.5 Å². The molecule has 8 aromatic rings. The van der Waals surface area contributed by atoms with Crippen molar-refractivity contribution in [1.82, 2.24) is 14.5 Å². The number of aromatic hydroxyl groups is 1. The third-order valence-corrected chi connectivity index (χ3v) is 12.8. The summed E-state index contributed by atoms with van der Waals surface area (Å²) >= 11 is 0. The molecule has 0 amide bonds. The maximum atomic E-state index is 12.3. The molecule has 0 unspecified atom stereocenters. The molecule has 0 spiro atoms. The molecule has 8 rings (SSSR count). The molecule has 4 nitrogen and oxygen atoms in total. The maximum Gasteiger partial charge on any atom is 0.148 e. The summed E-state index contributed by atoms with van der Waals surface area (Å²) in [5.74, 6) is 1.34. The van der Waals surface area contributed by atoms with Crippen LogP contribution in [0.25, 0.3) is 72.7 Å². The summed E-state index contributed by atoms with van der Waals surface area (Å²) in [6, 6.07) is 49.6. The van der Waals surface area contributed by atoms with Crippen LogP contribution in [0.4, 0.5) is 0 Å². The van der Waals surface area contributed by atoms with Crippen LogP contribution in [0.2, 0.25) is 0 Å². The van der Waals surface area contributed by atoms with E-state index in [1.54, 1.807) is 0 Å². The molecule has 0 atom stereocenters. The quantitative estimate of drug-likeness (QED) is 0.139. The molecule has 0 radical (unpaired) electrons. The van der Waals surface area contributed by atoms with Crippen LogP contribution in [0.15, 0.2) is 134 Å². The van der Waals surface area contributed by atoms with Crippen molar-refractivity contribution in [3.05, 3.63) is 167 Å². The predicted octanol–water partition coefficient (Wildman–Crippen LogP) is 15.8. The predicted molar refractivity (Wildman–Crippen MR) is 261 cm³/mol. The number of hydrogen-bond acceptors (Lipinski definition) is 3. The molecule has 63 heavy (non-hydrogen) atoms. The molecule has 1 N–H and O–H groups in total. The van der Waals surface area contributed by atoms with Crippen molar-refractivity contribution >= 4 is 11.0 Å². The molecule has 0 saturated heterocycles. The van der Waals surface area contributed by atoms with Gasteiger partial charge in [0.2, 0.25) is 0 Å². The van der Waals surface area contributed by atoms with Gasteiger partial charge in [0.05, 0.1) is 22.3 Å². The Labute approximate surface area is 389 Å². The minimum Gasteiger partial charge on any atom is -0.507 e. The Kier molecular flexibility index (Phi) is 12.9. The fourth-order valence-corrected chi connectivity index (χ4v) is 8.36. The largest absolute Gasteiger partial charge is 0.507 e. The molecule has 0 saturated carbocycles. The SMILES string of the molecule is CCC(C)(C)c1ccc(-n2c(-c3cc(C(C)C)cc(C(C)C)c3O)nc3c(-c4[c-]c(-c5cc(-c6ccc(C)cc6)ccn5)cc(C(C)(C)C)c4)cccc32)c(-c2ccccc2)c1.[Pt]. The number of para-hydroxylation sites is 1. The van der Waals surface area contributed by atoms with Crippen molar-refractivity contribution in [1.29, 1.82) is 0 Å². The molecule has 0 fully saturated rings. The van der Waals surface area contributed by atoms with E-state index in [1.807, 2.05) is 6.20 Å². The second-order valence-electron chi connectivity index (χ2n) is 19.3. The van der Waals surface area contributed by atoms with Gasteiger partial charge < -0.3 is 5.11 Å². The number of nitrogens with zero attached hydrogens (tertiary/aromatic N) is 3. The first-order chi connectivity index (χ1) is 29.5. The molecular weight excluding hydrogens is 950 g/mol. The van der Waals surface area contributed by atoms with Gasteiger partial charge in [0.15, 0.2) is 0 Å². The second kappa shape index (κ2) is 17.9. The number of pyridine rings is 1. The molecule has 5 heteroatoms. The summed E-state index contributed by atoms with van der Waals surface area (Å²) in [6.45, 7) is 24.5. The molecule has 324 valence electrons. The number of benzene rings is 6. The monoisotopic (exact) mass is 1010 g/mol. The van der Waals surface area contributed by atoms with E-state index in [9.17, 15) is 5.11 Å². The first kappa shape index (κ1) is 45.5. The average molecular weight is 1010 g/mol. The van der Waals surface area contributed by atoms with Gasteiger partial charge in [-0.05, 0) is 99.7 Å². The Morgan fingerprint density at radius 3 is 2.03 bits per heavy atom. The van der Waals surface area contributed by atoms with E-state index in [1.165, 1.54) is 22.3 Å². The van der Waals surface area contributed by atoms with E-state index < -0.39 is 0 Å². The van der Waals surface area contributed by atoms with Gasteiger partial charge in [0.25, 0.3) is 0 Å². The number of hydrogen-bond donors (Lipinski definition) is 1. The number of aryl methyl sites for hydroxylation is 1. The van der Waals surface area contributed by atoms with E-state index in [-0.39, 0.29) is 49.5 Å². The summed E-state index contributed by atoms with van der Waals surface area (Å²) in [5, 5.41) is 12.3. The molecule has 6 aromatic carbocycles. The van der Waals surface area contributed by atoms with Crippen LogP contribution in [0.1, 0.15) is 115 Å². The van der Waals surface area contributed by atoms with Gasteiger partial charge >= 0.3 is 0 Å². The minimum atomic E-state index is -0.152. The molecular formula is C58H60N3OPt-. The zero-order valence-corrected chi connectivity index (χ0v) is 40.9. The Balaban J connectivity index is 0.00000595. The number of rotatable bonds is 10. The van der Waals surface area contributed by atoms with Crippen molar-refractivity contribution in [3.8, 4) is 67.5 Å². The van der Waals surface area contributed by atoms with E-state index in [0.29, 0.717) is 5.82 Å². The summed E-state index contributed by atoms with van der Waals surface area (Å²) in [6.07, 6.45) is 2.91. The van der Waals surface area contributed by atoms with E-state index in [0.717, 1.165) is 78.9 Å². The normalized spacial score (nSPS) is 12.0. The summed E-state index contributed by atoms with van der Waals surface area (Å²) in [7, 11) is 0. The molecule has 2 aromatic heterocycles. The van der Waals surface area contributed by atoms with Gasteiger partial charge in [-0.3, -0.25) is 9.55 Å². The van der Waals surface area contributed by atoms with Crippen molar-refractivity contribution in [3.63, 3.8) is 0 Å². The van der Waals surface area contributed by atoms with Crippen molar-refractivity contribution in [2.45, 2.75) is 105 Å². The first-order valence-electron chi connectivity index (χ1n) is 22.2. The maximum absolute atomic E-state index is 12.3. The van der Waals surface area contributed by atoms with Crippen LogP contribution < -0.4 is 0 Å². The number of phenols is 1. The van der Waals surface area contributed by atoms with Gasteiger partial charge in [0.1, 0.15) is 11.6 Å². The van der Waals surface area contributed by atoms with Crippen molar-refractivity contribution < 1.29 is 26.2 Å². The van der Waals surface area contributed by atoms with Gasteiger partial charge in [-0.1, -0.05) is 171 Å². The van der Waals surface area contributed by atoms with E-state index in [4.69, 9.17) is 9.97 Å².